The van der Waals surface area contributed by atoms with Crippen molar-refractivity contribution in [3.63, 3.8) is 0 Å². The summed E-state index contributed by atoms with van der Waals surface area (Å²) in [5, 5.41) is 3.99. The van der Waals surface area contributed by atoms with E-state index in [0.29, 0.717) is 24.6 Å². The van der Waals surface area contributed by atoms with Gasteiger partial charge in [-0.3, -0.25) is 4.68 Å². The van der Waals surface area contributed by atoms with Crippen LogP contribution in [0.2, 0.25) is 0 Å². The Bertz CT molecular complexity index is 467. The molecule has 1 N–H and O–H groups in total. The quantitative estimate of drug-likeness (QED) is 0.811. The third-order valence-corrected chi connectivity index (χ3v) is 4.15. The zero-order valence-corrected chi connectivity index (χ0v) is 12.2. The molecule has 1 rings (SSSR count). The number of nitrogens with zero attached hydrogens (tertiary/aromatic N) is 3. The Morgan fingerprint density at radius 2 is 2.11 bits per heavy atom. The van der Waals surface area contributed by atoms with Crippen molar-refractivity contribution in [2.75, 3.05) is 5.75 Å². The molecule has 1 aromatic rings. The highest BCUT2D eigenvalue weighted by atomic mass is 32.2. The Balaban J connectivity index is 2.90. The first-order valence-corrected chi connectivity index (χ1v) is 7.84. The lowest BCUT2D eigenvalue weighted by Crippen LogP contribution is -2.33. The zero-order valence-electron chi connectivity index (χ0n) is 11.4. The molecule has 6 nitrogen and oxygen atoms in total. The summed E-state index contributed by atoms with van der Waals surface area (Å²) >= 11 is 0. The van der Waals surface area contributed by atoms with Crippen molar-refractivity contribution in [3.8, 4) is 0 Å². The van der Waals surface area contributed by atoms with Crippen LogP contribution in [0, 0.1) is 5.92 Å². The van der Waals surface area contributed by atoms with E-state index in [1.807, 2.05) is 6.92 Å². The molecule has 0 bridgehead atoms. The van der Waals surface area contributed by atoms with Crippen molar-refractivity contribution in [1.82, 2.24) is 19.5 Å². The lowest BCUT2D eigenvalue weighted by Gasteiger charge is -2.19. The van der Waals surface area contributed by atoms with Gasteiger partial charge in [0.1, 0.15) is 12.2 Å². The maximum atomic E-state index is 11.9. The predicted octanol–water partition coefficient (Wildman–Crippen LogP) is 1.23. The molecular weight excluding hydrogens is 252 g/mol. The Hall–Kier alpha value is -0.950. The van der Waals surface area contributed by atoms with E-state index in [4.69, 9.17) is 0 Å². The topological polar surface area (TPSA) is 76.9 Å². The highest BCUT2D eigenvalue weighted by molar-refractivity contribution is 7.89. The first-order chi connectivity index (χ1) is 8.35. The molecule has 0 saturated heterocycles. The van der Waals surface area contributed by atoms with E-state index in [1.54, 1.807) is 11.7 Å². The van der Waals surface area contributed by atoms with Gasteiger partial charge in [-0.1, -0.05) is 20.8 Å². The van der Waals surface area contributed by atoms with Gasteiger partial charge in [-0.2, -0.15) is 5.10 Å². The first kappa shape index (κ1) is 15.1. The lowest BCUT2D eigenvalue weighted by atomic mass is 10.0. The maximum Gasteiger partial charge on any atom is 0.212 e. The van der Waals surface area contributed by atoms with Gasteiger partial charge in [0.05, 0.1) is 11.8 Å². The van der Waals surface area contributed by atoms with Crippen molar-refractivity contribution in [2.24, 2.45) is 13.0 Å². The molecule has 0 saturated carbocycles. The molecule has 0 fully saturated rings. The van der Waals surface area contributed by atoms with Gasteiger partial charge in [0, 0.05) is 7.05 Å². The number of aromatic nitrogens is 3. The average Bonchev–Trinajstić information content (AvgIpc) is 2.62. The van der Waals surface area contributed by atoms with Crippen LogP contribution in [0.3, 0.4) is 0 Å². The average molecular weight is 274 g/mol. The summed E-state index contributed by atoms with van der Waals surface area (Å²) in [7, 11) is -1.48. The third kappa shape index (κ3) is 4.38. The minimum atomic E-state index is -3.25. The zero-order chi connectivity index (χ0) is 13.8. The van der Waals surface area contributed by atoms with Crippen LogP contribution in [0.5, 0.6) is 0 Å². The minimum Gasteiger partial charge on any atom is -0.252 e. The second kappa shape index (κ2) is 6.29. The van der Waals surface area contributed by atoms with Crippen LogP contribution in [-0.2, 0) is 17.1 Å². The number of nitrogens with one attached hydrogen (secondary N) is 1. The summed E-state index contributed by atoms with van der Waals surface area (Å²) in [6, 6.07) is -0.311. The van der Waals surface area contributed by atoms with Crippen LogP contribution in [0.25, 0.3) is 0 Å². The van der Waals surface area contributed by atoms with E-state index in [1.165, 1.54) is 6.33 Å². The van der Waals surface area contributed by atoms with E-state index in [2.05, 4.69) is 28.7 Å². The largest absolute Gasteiger partial charge is 0.252 e. The van der Waals surface area contributed by atoms with Crippen molar-refractivity contribution in [1.29, 1.82) is 0 Å². The van der Waals surface area contributed by atoms with Gasteiger partial charge in [-0.05, 0) is 18.8 Å². The molecule has 0 aliphatic heterocycles. The number of sulfonamides is 1. The maximum absolute atomic E-state index is 11.9. The van der Waals surface area contributed by atoms with Gasteiger partial charge in [0.15, 0.2) is 0 Å². The van der Waals surface area contributed by atoms with Crippen molar-refractivity contribution >= 4 is 10.0 Å². The van der Waals surface area contributed by atoms with Crippen LogP contribution in [0.1, 0.15) is 45.5 Å². The van der Waals surface area contributed by atoms with Crippen LogP contribution in [-0.4, -0.2) is 28.9 Å². The number of hydrogen-bond donors (Lipinski definition) is 1. The highest BCUT2D eigenvalue weighted by Gasteiger charge is 2.23. The van der Waals surface area contributed by atoms with Gasteiger partial charge >= 0.3 is 0 Å². The molecular formula is C11H22N4O2S. The molecule has 1 atom stereocenters. The summed E-state index contributed by atoms with van der Waals surface area (Å²) in [5.41, 5.74) is 0. The molecule has 104 valence electrons. The Morgan fingerprint density at radius 3 is 2.56 bits per heavy atom. The van der Waals surface area contributed by atoms with Crippen molar-refractivity contribution in [2.45, 2.75) is 39.7 Å². The van der Waals surface area contributed by atoms with Gasteiger partial charge < -0.3 is 0 Å². The molecule has 0 aliphatic carbocycles. The summed E-state index contributed by atoms with van der Waals surface area (Å²) in [6.45, 7) is 5.95. The van der Waals surface area contributed by atoms with Gasteiger partial charge in [0.2, 0.25) is 10.0 Å². The number of rotatable bonds is 7. The summed E-state index contributed by atoms with van der Waals surface area (Å²) in [4.78, 5) is 4.14. The molecule has 0 aliphatic rings. The summed E-state index contributed by atoms with van der Waals surface area (Å²) < 4.78 is 28.1. The summed E-state index contributed by atoms with van der Waals surface area (Å²) in [6.07, 6.45) is 2.74. The van der Waals surface area contributed by atoms with E-state index < -0.39 is 10.0 Å². The first-order valence-electron chi connectivity index (χ1n) is 6.19. The van der Waals surface area contributed by atoms with E-state index in [-0.39, 0.29) is 11.8 Å². The third-order valence-electron chi connectivity index (χ3n) is 2.56. The Morgan fingerprint density at radius 1 is 1.44 bits per heavy atom. The fourth-order valence-corrected chi connectivity index (χ4v) is 3.13. The number of aryl methyl sites for hydroxylation is 1. The van der Waals surface area contributed by atoms with Gasteiger partial charge in [-0.25, -0.2) is 18.1 Å². The predicted molar refractivity (Wildman–Crippen MR) is 70.4 cm³/mol. The summed E-state index contributed by atoms with van der Waals surface area (Å²) in [5.74, 6) is 1.17. The van der Waals surface area contributed by atoms with E-state index in [0.717, 1.165) is 0 Å². The molecule has 1 heterocycles. The second-order valence-electron chi connectivity index (χ2n) is 4.86. The molecule has 1 aromatic heterocycles. The van der Waals surface area contributed by atoms with Crippen molar-refractivity contribution in [3.05, 3.63) is 12.2 Å². The monoisotopic (exact) mass is 274 g/mol. The van der Waals surface area contributed by atoms with E-state index >= 15 is 0 Å². The molecule has 0 unspecified atom stereocenters. The molecule has 0 amide bonds. The Kier molecular flexibility index (Phi) is 5.28. The fraction of sp³-hybridized carbons (Fsp3) is 0.818. The van der Waals surface area contributed by atoms with Crippen LogP contribution >= 0.6 is 0 Å². The van der Waals surface area contributed by atoms with Gasteiger partial charge in [-0.15, -0.1) is 0 Å². The highest BCUT2D eigenvalue weighted by Crippen LogP contribution is 2.19. The fourth-order valence-electron chi connectivity index (χ4n) is 1.84. The normalized spacial score (nSPS) is 14.1. The van der Waals surface area contributed by atoms with E-state index in [9.17, 15) is 8.42 Å². The van der Waals surface area contributed by atoms with Gasteiger partial charge in [0.25, 0.3) is 0 Å². The molecule has 0 radical (unpaired) electrons. The minimum absolute atomic E-state index is 0.138. The Labute approximate surface area is 109 Å². The number of hydrogen-bond acceptors (Lipinski definition) is 4. The van der Waals surface area contributed by atoms with Crippen LogP contribution in [0.4, 0.5) is 0 Å². The van der Waals surface area contributed by atoms with Crippen LogP contribution < -0.4 is 4.72 Å². The molecule has 0 spiro atoms. The SMILES string of the molecule is CCCS(=O)(=O)N[C@@H](CC(C)C)c1ncnn1C. The lowest BCUT2D eigenvalue weighted by molar-refractivity contribution is 0.443. The smallest absolute Gasteiger partial charge is 0.212 e. The molecule has 0 aromatic carbocycles. The van der Waals surface area contributed by atoms with Crippen molar-refractivity contribution < 1.29 is 8.42 Å². The second-order valence-corrected chi connectivity index (χ2v) is 6.73. The standard InChI is InChI=1S/C11H22N4O2S/c1-5-6-18(16,17)14-10(7-9(2)3)11-12-8-13-15(11)4/h8-10,14H,5-7H2,1-4H3/t10-/m0/s1. The molecule has 18 heavy (non-hydrogen) atoms. The molecule has 7 heteroatoms. The van der Waals surface area contributed by atoms with Crippen LogP contribution in [0.15, 0.2) is 6.33 Å².